The smallest absolute Gasteiger partial charge is 0.342 e. The minimum Gasteiger partial charge on any atom is -0.481 e. The molecule has 0 aliphatic carbocycles. The number of H-pyrrole nitrogens is 2. The molecule has 0 amide bonds. The van der Waals surface area contributed by atoms with Crippen molar-refractivity contribution >= 4 is 11.8 Å². The summed E-state index contributed by atoms with van der Waals surface area (Å²) in [6.07, 6.45) is 1.23. The van der Waals surface area contributed by atoms with Gasteiger partial charge in [-0.3, -0.25) is 14.6 Å². The molecule has 1 unspecified atom stereocenters. The Kier molecular flexibility index (Phi) is 4.44. The number of nitrogens with zero attached hydrogens (tertiary/aromatic N) is 1. The Balaban J connectivity index is 2.68. The number of aromatic nitrogens is 3. The second kappa shape index (κ2) is 5.83. The maximum absolute atomic E-state index is 11.2. The van der Waals surface area contributed by atoms with E-state index in [1.54, 1.807) is 0 Å². The van der Waals surface area contributed by atoms with Crippen LogP contribution in [-0.2, 0) is 4.79 Å². The fourth-order valence-electron chi connectivity index (χ4n) is 1.35. The molecule has 0 fully saturated rings. The van der Waals surface area contributed by atoms with Crippen LogP contribution in [-0.4, -0.2) is 32.8 Å². The van der Waals surface area contributed by atoms with Crippen LogP contribution in [0.15, 0.2) is 9.59 Å². The molecule has 0 saturated heterocycles. The predicted octanol–water partition coefficient (Wildman–Crippen LogP) is -0.629. The van der Waals surface area contributed by atoms with E-state index >= 15 is 0 Å². The van der Waals surface area contributed by atoms with Crippen LogP contribution in [0.25, 0.3) is 0 Å². The lowest BCUT2D eigenvalue weighted by molar-refractivity contribution is -0.141. The van der Waals surface area contributed by atoms with E-state index in [4.69, 9.17) is 5.11 Å². The van der Waals surface area contributed by atoms with Gasteiger partial charge in [0.25, 0.3) is 5.56 Å². The predicted molar refractivity (Wildman–Crippen MR) is 60.0 cm³/mol. The number of nitrogens with one attached hydrogen (secondary N) is 3. The molecule has 0 spiro atoms. The van der Waals surface area contributed by atoms with Crippen molar-refractivity contribution in [2.24, 2.45) is 5.92 Å². The van der Waals surface area contributed by atoms with E-state index in [9.17, 15) is 14.4 Å². The number of hydrogen-bond donors (Lipinski definition) is 4. The Morgan fingerprint density at radius 3 is 2.76 bits per heavy atom. The summed E-state index contributed by atoms with van der Waals surface area (Å²) in [7, 11) is 0. The largest absolute Gasteiger partial charge is 0.481 e. The van der Waals surface area contributed by atoms with Crippen LogP contribution in [0.5, 0.6) is 0 Å². The molecule has 0 aromatic carbocycles. The van der Waals surface area contributed by atoms with Crippen molar-refractivity contribution in [1.82, 2.24) is 15.2 Å². The summed E-state index contributed by atoms with van der Waals surface area (Å²) in [6.45, 7) is 1.96. The summed E-state index contributed by atoms with van der Waals surface area (Å²) in [5.74, 6) is -1.61. The van der Waals surface area contributed by atoms with Crippen LogP contribution in [0.4, 0.5) is 5.82 Å². The first-order valence-electron chi connectivity index (χ1n) is 5.20. The number of carbonyl (C=O) groups is 1. The molecular formula is C9H14N4O4. The summed E-state index contributed by atoms with van der Waals surface area (Å²) in [5, 5.41) is 17.0. The van der Waals surface area contributed by atoms with Crippen LogP contribution in [0, 0.1) is 5.92 Å². The molecule has 94 valence electrons. The third-order valence-corrected chi connectivity index (χ3v) is 2.21. The first-order valence-corrected chi connectivity index (χ1v) is 5.20. The molecule has 1 heterocycles. The fourth-order valence-corrected chi connectivity index (χ4v) is 1.35. The quantitative estimate of drug-likeness (QED) is 0.526. The Morgan fingerprint density at radius 1 is 1.53 bits per heavy atom. The van der Waals surface area contributed by atoms with Crippen molar-refractivity contribution in [3.8, 4) is 0 Å². The molecule has 1 aromatic rings. The van der Waals surface area contributed by atoms with Crippen LogP contribution >= 0.6 is 0 Å². The number of aliphatic carboxylic acids is 1. The topological polar surface area (TPSA) is 128 Å². The van der Waals surface area contributed by atoms with Gasteiger partial charge in [0.05, 0.1) is 5.92 Å². The molecule has 1 rings (SSSR count). The number of hydrogen-bond acceptors (Lipinski definition) is 5. The maximum Gasteiger partial charge on any atom is 0.342 e. The minimum absolute atomic E-state index is 0.0886. The van der Waals surface area contributed by atoms with Gasteiger partial charge >= 0.3 is 11.7 Å². The summed E-state index contributed by atoms with van der Waals surface area (Å²) >= 11 is 0. The number of rotatable bonds is 6. The van der Waals surface area contributed by atoms with Crippen molar-refractivity contribution in [3.63, 3.8) is 0 Å². The summed E-state index contributed by atoms with van der Waals surface area (Å²) in [4.78, 5) is 34.8. The van der Waals surface area contributed by atoms with Crippen LogP contribution in [0.2, 0.25) is 0 Å². The first kappa shape index (κ1) is 12.9. The molecule has 0 bridgehead atoms. The van der Waals surface area contributed by atoms with Crippen LogP contribution in [0.1, 0.15) is 19.8 Å². The van der Waals surface area contributed by atoms with Gasteiger partial charge in [-0.1, -0.05) is 13.3 Å². The third-order valence-electron chi connectivity index (χ3n) is 2.21. The highest BCUT2D eigenvalue weighted by molar-refractivity contribution is 5.70. The SMILES string of the molecule is CCCC(CNc1n[nH]c(=O)[nH]c1=O)C(=O)O. The summed E-state index contributed by atoms with van der Waals surface area (Å²) in [6, 6.07) is 0. The average Bonchev–Trinajstić information content (AvgIpc) is 2.25. The molecule has 0 radical (unpaired) electrons. The van der Waals surface area contributed by atoms with Crippen molar-refractivity contribution < 1.29 is 9.90 Å². The minimum atomic E-state index is -0.930. The Morgan fingerprint density at radius 2 is 2.24 bits per heavy atom. The zero-order valence-electron chi connectivity index (χ0n) is 9.32. The number of carboxylic acid groups (broad SMARTS) is 1. The van der Waals surface area contributed by atoms with E-state index < -0.39 is 23.1 Å². The van der Waals surface area contributed by atoms with Crippen LogP contribution in [0.3, 0.4) is 0 Å². The van der Waals surface area contributed by atoms with Crippen molar-refractivity contribution in [2.75, 3.05) is 11.9 Å². The van der Waals surface area contributed by atoms with Gasteiger partial charge in [0.2, 0.25) is 5.82 Å². The van der Waals surface area contributed by atoms with Gasteiger partial charge in [-0.25, -0.2) is 9.89 Å². The first-order chi connectivity index (χ1) is 8.04. The van der Waals surface area contributed by atoms with Gasteiger partial charge < -0.3 is 10.4 Å². The number of anilines is 1. The molecule has 0 saturated carbocycles. The van der Waals surface area contributed by atoms with Gasteiger partial charge in [0, 0.05) is 6.54 Å². The summed E-state index contributed by atoms with van der Waals surface area (Å²) in [5.41, 5.74) is -1.38. The molecule has 0 aliphatic rings. The standard InChI is InChI=1S/C9H14N4O4/c1-2-3-5(8(15)16)4-10-6-7(14)11-9(17)13-12-6/h5H,2-4H2,1H3,(H,10,12)(H,15,16)(H2,11,13,14,17). The Hall–Kier alpha value is -2.12. The molecule has 4 N–H and O–H groups in total. The normalized spacial score (nSPS) is 12.1. The number of aromatic amines is 2. The Labute approximate surface area is 96.1 Å². The van der Waals surface area contributed by atoms with Gasteiger partial charge in [-0.15, -0.1) is 5.10 Å². The lowest BCUT2D eigenvalue weighted by atomic mass is 10.0. The van der Waals surface area contributed by atoms with E-state index in [1.165, 1.54) is 0 Å². The molecule has 8 nitrogen and oxygen atoms in total. The van der Waals surface area contributed by atoms with Gasteiger partial charge in [0.15, 0.2) is 0 Å². The van der Waals surface area contributed by atoms with Gasteiger partial charge in [-0.05, 0) is 6.42 Å². The van der Waals surface area contributed by atoms with Crippen LogP contribution < -0.4 is 16.6 Å². The molecule has 1 aromatic heterocycles. The van der Waals surface area contributed by atoms with Gasteiger partial charge in [0.1, 0.15) is 0 Å². The average molecular weight is 242 g/mol. The molecule has 0 aliphatic heterocycles. The third kappa shape index (κ3) is 3.74. The zero-order valence-corrected chi connectivity index (χ0v) is 9.32. The molecule has 17 heavy (non-hydrogen) atoms. The highest BCUT2D eigenvalue weighted by Crippen LogP contribution is 2.06. The molecular weight excluding hydrogens is 228 g/mol. The fraction of sp³-hybridized carbons (Fsp3) is 0.556. The second-order valence-corrected chi connectivity index (χ2v) is 3.56. The van der Waals surface area contributed by atoms with E-state index in [1.807, 2.05) is 11.9 Å². The second-order valence-electron chi connectivity index (χ2n) is 3.56. The lowest BCUT2D eigenvalue weighted by Gasteiger charge is -2.11. The number of carboxylic acids is 1. The van der Waals surface area contributed by atoms with E-state index in [0.717, 1.165) is 6.42 Å². The van der Waals surface area contributed by atoms with E-state index in [2.05, 4.69) is 15.5 Å². The van der Waals surface area contributed by atoms with E-state index in [-0.39, 0.29) is 12.4 Å². The van der Waals surface area contributed by atoms with Crippen molar-refractivity contribution in [2.45, 2.75) is 19.8 Å². The van der Waals surface area contributed by atoms with Crippen molar-refractivity contribution in [3.05, 3.63) is 20.8 Å². The molecule has 8 heteroatoms. The highest BCUT2D eigenvalue weighted by atomic mass is 16.4. The lowest BCUT2D eigenvalue weighted by Crippen LogP contribution is -2.30. The van der Waals surface area contributed by atoms with Gasteiger partial charge in [-0.2, -0.15) is 0 Å². The maximum atomic E-state index is 11.2. The molecule has 1 atom stereocenters. The van der Waals surface area contributed by atoms with E-state index in [0.29, 0.717) is 6.42 Å². The van der Waals surface area contributed by atoms with Crippen molar-refractivity contribution in [1.29, 1.82) is 0 Å². The Bertz CT molecular complexity index is 492. The monoisotopic (exact) mass is 242 g/mol. The zero-order chi connectivity index (χ0) is 12.8. The highest BCUT2D eigenvalue weighted by Gasteiger charge is 2.16. The summed E-state index contributed by atoms with van der Waals surface area (Å²) < 4.78 is 0.